The van der Waals surface area contributed by atoms with E-state index in [9.17, 15) is 10.2 Å². The Hall–Kier alpha value is -3.87. The maximum Gasteiger partial charge on any atom is 0.300 e. The van der Waals surface area contributed by atoms with Crippen LogP contribution in [0.15, 0.2) is 72.8 Å². The standard InChI is InChI=1S/C24H20N2O3.C2H4O2.Mn/c1-15-9-11-17(24(28)13-15)19-5-3-7-21(25-19)22-8-4-6-20(26-22)18-14-16(29-2)10-12-23(18)27;1-2(3)4;/h3-14,27-28H,1-2H3;1H3,(H,3,4);. The Morgan fingerprint density at radius 1 is 0.765 bits per heavy atom. The van der Waals surface area contributed by atoms with Crippen LogP contribution in [0.3, 0.4) is 0 Å². The van der Waals surface area contributed by atoms with Crippen LogP contribution in [0.5, 0.6) is 17.2 Å². The molecule has 0 aliphatic carbocycles. The number of hydrogen-bond donors (Lipinski definition) is 3. The maximum absolute atomic E-state index is 10.3. The van der Waals surface area contributed by atoms with E-state index in [2.05, 4.69) is 9.97 Å². The third-order valence-corrected chi connectivity index (χ3v) is 4.67. The topological polar surface area (TPSA) is 113 Å². The summed E-state index contributed by atoms with van der Waals surface area (Å²) in [5, 5.41) is 28.0. The van der Waals surface area contributed by atoms with Gasteiger partial charge in [-0.05, 0) is 67.1 Å². The second-order valence-corrected chi connectivity index (χ2v) is 7.24. The summed E-state index contributed by atoms with van der Waals surface area (Å²) in [6.45, 7) is 3.01. The fraction of sp³-hybridized carbons (Fsp3) is 0.115. The first-order valence-electron chi connectivity index (χ1n) is 10.1. The van der Waals surface area contributed by atoms with Crippen LogP contribution in [0.1, 0.15) is 12.5 Å². The van der Waals surface area contributed by atoms with Crippen LogP contribution < -0.4 is 4.74 Å². The van der Waals surface area contributed by atoms with Crippen LogP contribution in [0.25, 0.3) is 33.9 Å². The molecule has 0 bridgehead atoms. The summed E-state index contributed by atoms with van der Waals surface area (Å²) in [5.74, 6) is 0.124. The average Bonchev–Trinajstić information content (AvgIpc) is 2.79. The number of ether oxygens (including phenoxy) is 1. The van der Waals surface area contributed by atoms with Gasteiger partial charge in [0.1, 0.15) is 17.2 Å². The van der Waals surface area contributed by atoms with E-state index in [1.165, 1.54) is 0 Å². The Morgan fingerprint density at radius 3 is 1.82 bits per heavy atom. The van der Waals surface area contributed by atoms with E-state index < -0.39 is 5.97 Å². The molecule has 0 amide bonds. The maximum atomic E-state index is 10.3. The number of pyridine rings is 2. The molecule has 0 saturated carbocycles. The van der Waals surface area contributed by atoms with Gasteiger partial charge in [0.2, 0.25) is 0 Å². The number of carboxylic acid groups (broad SMARTS) is 1. The monoisotopic (exact) mass is 499 g/mol. The molecule has 34 heavy (non-hydrogen) atoms. The van der Waals surface area contributed by atoms with Crippen molar-refractivity contribution in [3.8, 4) is 51.2 Å². The summed E-state index contributed by atoms with van der Waals surface area (Å²) in [7, 11) is 1.58. The molecule has 4 aromatic rings. The van der Waals surface area contributed by atoms with Crippen LogP contribution in [0, 0.1) is 6.92 Å². The minimum atomic E-state index is -0.833. The Balaban J connectivity index is 0.000000758. The smallest absolute Gasteiger partial charge is 0.300 e. The van der Waals surface area contributed by atoms with E-state index in [0.29, 0.717) is 39.7 Å². The first kappa shape index (κ1) is 26.4. The summed E-state index contributed by atoms with van der Waals surface area (Å²) in [5.41, 5.74) is 4.85. The molecule has 0 unspecified atom stereocenters. The van der Waals surface area contributed by atoms with Gasteiger partial charge >= 0.3 is 0 Å². The second kappa shape index (κ2) is 11.8. The van der Waals surface area contributed by atoms with Crippen molar-refractivity contribution in [2.75, 3.05) is 7.11 Å². The number of phenols is 2. The molecule has 0 fully saturated rings. The number of phenolic OH excluding ortho intramolecular Hbond substituents is 2. The molecule has 0 saturated heterocycles. The van der Waals surface area contributed by atoms with Crippen LogP contribution in [-0.2, 0) is 21.9 Å². The third-order valence-electron chi connectivity index (χ3n) is 4.67. The number of aromatic nitrogens is 2. The summed E-state index contributed by atoms with van der Waals surface area (Å²) < 4.78 is 5.26. The summed E-state index contributed by atoms with van der Waals surface area (Å²) in [4.78, 5) is 18.4. The Bertz CT molecular complexity index is 1290. The molecule has 2 aromatic carbocycles. The summed E-state index contributed by atoms with van der Waals surface area (Å²) in [6, 6.07) is 21.7. The normalized spacial score (nSPS) is 9.85. The van der Waals surface area contributed by atoms with Crippen molar-refractivity contribution in [1.82, 2.24) is 9.97 Å². The number of hydrogen-bond acceptors (Lipinski definition) is 6. The molecular formula is C26H24MnN2O5. The van der Waals surface area contributed by atoms with E-state index in [-0.39, 0.29) is 28.6 Å². The van der Waals surface area contributed by atoms with E-state index in [1.807, 2.05) is 55.5 Å². The number of aromatic hydroxyl groups is 2. The zero-order valence-corrected chi connectivity index (χ0v) is 20.0. The van der Waals surface area contributed by atoms with Crippen LogP contribution in [-0.4, -0.2) is 38.4 Å². The number of carbonyl (C=O) groups is 1. The van der Waals surface area contributed by atoms with Gasteiger partial charge in [-0.1, -0.05) is 18.2 Å². The minimum absolute atomic E-state index is 0. The molecule has 2 heterocycles. The van der Waals surface area contributed by atoms with Gasteiger partial charge < -0.3 is 20.1 Å². The molecule has 2 aromatic heterocycles. The zero-order valence-electron chi connectivity index (χ0n) is 18.9. The minimum Gasteiger partial charge on any atom is -0.507 e. The first-order chi connectivity index (χ1) is 15.8. The number of methoxy groups -OCH3 is 1. The SMILES string of the molecule is CC(=O)O.COc1ccc(O)c(-c2cccc(-c3cccc(-c4ccc(C)cc4O)n3)n2)c1.[Mn]. The van der Waals surface area contributed by atoms with Crippen LogP contribution in [0.2, 0.25) is 0 Å². The Labute approximate surface area is 208 Å². The van der Waals surface area contributed by atoms with Gasteiger partial charge in [-0.3, -0.25) is 4.79 Å². The summed E-state index contributed by atoms with van der Waals surface area (Å²) >= 11 is 0. The number of aryl methyl sites for hydroxylation is 1. The van der Waals surface area contributed by atoms with E-state index in [0.717, 1.165) is 12.5 Å². The second-order valence-electron chi connectivity index (χ2n) is 7.24. The van der Waals surface area contributed by atoms with Crippen LogP contribution in [0.4, 0.5) is 0 Å². The van der Waals surface area contributed by atoms with Crippen molar-refractivity contribution >= 4 is 5.97 Å². The van der Waals surface area contributed by atoms with Crippen molar-refractivity contribution < 1.29 is 41.9 Å². The van der Waals surface area contributed by atoms with E-state index in [4.69, 9.17) is 14.6 Å². The predicted octanol–water partition coefficient (Wildman–Crippen LogP) is 5.29. The van der Waals surface area contributed by atoms with Crippen molar-refractivity contribution in [1.29, 1.82) is 0 Å². The molecule has 7 nitrogen and oxygen atoms in total. The summed E-state index contributed by atoms with van der Waals surface area (Å²) in [6.07, 6.45) is 0. The average molecular weight is 499 g/mol. The Kier molecular flexibility index (Phi) is 9.18. The molecule has 0 aliphatic rings. The van der Waals surface area contributed by atoms with Crippen LogP contribution >= 0.6 is 0 Å². The van der Waals surface area contributed by atoms with Gasteiger partial charge in [0, 0.05) is 35.1 Å². The van der Waals surface area contributed by atoms with Crippen molar-refractivity contribution in [2.24, 2.45) is 0 Å². The Morgan fingerprint density at radius 2 is 1.29 bits per heavy atom. The van der Waals surface area contributed by atoms with Gasteiger partial charge in [-0.2, -0.15) is 0 Å². The van der Waals surface area contributed by atoms with Gasteiger partial charge in [-0.15, -0.1) is 0 Å². The number of benzene rings is 2. The van der Waals surface area contributed by atoms with Crippen molar-refractivity contribution in [3.05, 3.63) is 78.4 Å². The van der Waals surface area contributed by atoms with Crippen molar-refractivity contribution in [2.45, 2.75) is 13.8 Å². The molecule has 8 heteroatoms. The zero-order chi connectivity index (χ0) is 24.0. The van der Waals surface area contributed by atoms with E-state index >= 15 is 0 Å². The largest absolute Gasteiger partial charge is 0.507 e. The number of rotatable bonds is 4. The predicted molar refractivity (Wildman–Crippen MR) is 126 cm³/mol. The molecule has 175 valence electrons. The van der Waals surface area contributed by atoms with Crippen molar-refractivity contribution in [3.63, 3.8) is 0 Å². The number of carboxylic acids is 1. The third kappa shape index (κ3) is 6.57. The fourth-order valence-electron chi connectivity index (χ4n) is 3.16. The van der Waals surface area contributed by atoms with Gasteiger partial charge in [-0.25, -0.2) is 9.97 Å². The number of aliphatic carboxylic acids is 1. The van der Waals surface area contributed by atoms with Gasteiger partial charge in [0.05, 0.1) is 29.9 Å². The van der Waals surface area contributed by atoms with E-state index in [1.54, 1.807) is 31.4 Å². The molecule has 0 spiro atoms. The molecule has 0 aliphatic heterocycles. The molecular weight excluding hydrogens is 475 g/mol. The molecule has 1 radical (unpaired) electrons. The molecule has 0 atom stereocenters. The van der Waals surface area contributed by atoms with Gasteiger partial charge in [0.25, 0.3) is 5.97 Å². The molecule has 4 rings (SSSR count). The fourth-order valence-corrected chi connectivity index (χ4v) is 3.16. The van der Waals surface area contributed by atoms with Gasteiger partial charge in [0.15, 0.2) is 0 Å². The number of nitrogens with zero attached hydrogens (tertiary/aromatic N) is 2. The quantitative estimate of drug-likeness (QED) is 0.327. The molecule has 3 N–H and O–H groups in total. The first-order valence-corrected chi connectivity index (χ1v) is 10.1.